The van der Waals surface area contributed by atoms with Crippen LogP contribution in [0.1, 0.15) is 56.2 Å². The highest BCUT2D eigenvalue weighted by atomic mass is 79.9. The molecular formula is C16H23BrO. The zero-order valence-electron chi connectivity index (χ0n) is 12.0. The minimum Gasteiger partial charge on any atom is -0.299 e. The molecule has 0 bridgehead atoms. The average Bonchev–Trinajstić information content (AvgIpc) is 2.31. The maximum Gasteiger partial charge on any atom is 0.137 e. The molecule has 1 nitrogen and oxygen atoms in total. The maximum absolute atomic E-state index is 12.0. The summed E-state index contributed by atoms with van der Waals surface area (Å²) in [4.78, 5) is 12.0. The molecule has 0 aromatic heterocycles. The van der Waals surface area contributed by atoms with Gasteiger partial charge in [0, 0.05) is 10.4 Å². The van der Waals surface area contributed by atoms with Crippen molar-refractivity contribution in [2.75, 3.05) is 0 Å². The van der Waals surface area contributed by atoms with Crippen LogP contribution in [-0.4, -0.2) is 5.78 Å². The molecule has 1 aromatic rings. The zero-order valence-corrected chi connectivity index (χ0v) is 13.6. The zero-order chi connectivity index (χ0) is 13.9. The molecule has 18 heavy (non-hydrogen) atoms. The van der Waals surface area contributed by atoms with E-state index in [9.17, 15) is 4.79 Å². The van der Waals surface area contributed by atoms with Crippen molar-refractivity contribution in [2.45, 2.75) is 53.4 Å². The number of benzene rings is 1. The van der Waals surface area contributed by atoms with Gasteiger partial charge in [0.25, 0.3) is 0 Å². The summed E-state index contributed by atoms with van der Waals surface area (Å²) in [5.41, 5.74) is 3.60. The molecule has 0 amide bonds. The highest BCUT2D eigenvalue weighted by Crippen LogP contribution is 2.34. The van der Waals surface area contributed by atoms with Crippen LogP contribution in [0.4, 0.5) is 0 Å². The van der Waals surface area contributed by atoms with Crippen LogP contribution in [0.25, 0.3) is 0 Å². The van der Waals surface area contributed by atoms with E-state index >= 15 is 0 Å². The Kier molecular flexibility index (Phi) is 5.58. The van der Waals surface area contributed by atoms with E-state index in [1.54, 1.807) is 6.92 Å². The fourth-order valence-electron chi connectivity index (χ4n) is 2.76. The Balaban J connectivity index is 3.26. The summed E-state index contributed by atoms with van der Waals surface area (Å²) >= 11 is 3.59. The van der Waals surface area contributed by atoms with Crippen molar-refractivity contribution in [3.8, 4) is 0 Å². The fourth-order valence-corrected chi connectivity index (χ4v) is 2.99. The van der Waals surface area contributed by atoms with Crippen LogP contribution in [0.2, 0.25) is 0 Å². The standard InChI is InChI=1S/C16H23BrO/c1-6-13(7-2)15(12(5)18)14-8-10(3)16(17)11(4)9-14/h8-9,13,15H,6-7H2,1-5H3. The van der Waals surface area contributed by atoms with Crippen LogP contribution in [0.15, 0.2) is 16.6 Å². The molecule has 0 fully saturated rings. The van der Waals surface area contributed by atoms with Crippen LogP contribution < -0.4 is 0 Å². The first-order chi connectivity index (χ1) is 8.42. The van der Waals surface area contributed by atoms with Crippen molar-refractivity contribution in [3.05, 3.63) is 33.3 Å². The third kappa shape index (κ3) is 3.23. The molecule has 0 aliphatic carbocycles. The summed E-state index contributed by atoms with van der Waals surface area (Å²) in [7, 11) is 0. The lowest BCUT2D eigenvalue weighted by molar-refractivity contribution is -0.119. The van der Waals surface area contributed by atoms with Crippen LogP contribution in [0, 0.1) is 19.8 Å². The van der Waals surface area contributed by atoms with Gasteiger partial charge in [0.1, 0.15) is 5.78 Å². The van der Waals surface area contributed by atoms with Gasteiger partial charge in [0.15, 0.2) is 0 Å². The van der Waals surface area contributed by atoms with E-state index in [1.807, 2.05) is 0 Å². The number of Topliss-reactive ketones (excluding diaryl/α,β-unsaturated/α-hetero) is 1. The molecule has 0 radical (unpaired) electrons. The lowest BCUT2D eigenvalue weighted by atomic mass is 9.79. The second-order valence-electron chi connectivity index (χ2n) is 5.13. The largest absolute Gasteiger partial charge is 0.299 e. The molecule has 2 heteroatoms. The quantitative estimate of drug-likeness (QED) is 0.732. The molecule has 0 saturated heterocycles. The van der Waals surface area contributed by atoms with Crippen molar-refractivity contribution in [1.29, 1.82) is 0 Å². The number of hydrogen-bond donors (Lipinski definition) is 0. The molecule has 0 aliphatic rings. The molecule has 1 rings (SSSR count). The number of ketones is 1. The van der Waals surface area contributed by atoms with Crippen molar-refractivity contribution in [3.63, 3.8) is 0 Å². The second kappa shape index (κ2) is 6.51. The van der Waals surface area contributed by atoms with Gasteiger partial charge in [-0.1, -0.05) is 54.8 Å². The molecule has 1 aromatic carbocycles. The van der Waals surface area contributed by atoms with Crippen molar-refractivity contribution >= 4 is 21.7 Å². The van der Waals surface area contributed by atoms with Gasteiger partial charge in [0.2, 0.25) is 0 Å². The number of rotatable bonds is 5. The molecule has 100 valence electrons. The minimum absolute atomic E-state index is 0.0468. The van der Waals surface area contributed by atoms with Crippen molar-refractivity contribution in [1.82, 2.24) is 0 Å². The summed E-state index contributed by atoms with van der Waals surface area (Å²) in [6, 6.07) is 4.31. The fraction of sp³-hybridized carbons (Fsp3) is 0.562. The number of aryl methyl sites for hydroxylation is 2. The van der Waals surface area contributed by atoms with E-state index in [-0.39, 0.29) is 11.7 Å². The Labute approximate surface area is 119 Å². The first-order valence-corrected chi connectivity index (χ1v) is 7.48. The molecule has 1 unspecified atom stereocenters. The van der Waals surface area contributed by atoms with Crippen LogP contribution in [0.5, 0.6) is 0 Å². The monoisotopic (exact) mass is 310 g/mol. The van der Waals surface area contributed by atoms with Crippen LogP contribution >= 0.6 is 15.9 Å². The van der Waals surface area contributed by atoms with Crippen LogP contribution in [0.3, 0.4) is 0 Å². The Morgan fingerprint density at radius 1 is 1.17 bits per heavy atom. The van der Waals surface area contributed by atoms with Crippen LogP contribution in [-0.2, 0) is 4.79 Å². The summed E-state index contributed by atoms with van der Waals surface area (Å²) < 4.78 is 1.15. The van der Waals surface area contributed by atoms with E-state index < -0.39 is 0 Å². The van der Waals surface area contributed by atoms with Gasteiger partial charge in [-0.2, -0.15) is 0 Å². The normalized spacial score (nSPS) is 12.8. The highest BCUT2D eigenvalue weighted by Gasteiger charge is 2.25. The van der Waals surface area contributed by atoms with E-state index in [0.29, 0.717) is 5.92 Å². The second-order valence-corrected chi connectivity index (χ2v) is 5.93. The van der Waals surface area contributed by atoms with Gasteiger partial charge in [-0.3, -0.25) is 4.79 Å². The number of hydrogen-bond acceptors (Lipinski definition) is 1. The predicted octanol–water partition coefficient (Wildman–Crippen LogP) is 5.17. The smallest absolute Gasteiger partial charge is 0.137 e. The molecule has 0 heterocycles. The van der Waals surface area contributed by atoms with E-state index in [2.05, 4.69) is 55.8 Å². The average molecular weight is 311 g/mol. The van der Waals surface area contributed by atoms with Gasteiger partial charge in [-0.25, -0.2) is 0 Å². The van der Waals surface area contributed by atoms with Gasteiger partial charge >= 0.3 is 0 Å². The first kappa shape index (κ1) is 15.4. The minimum atomic E-state index is 0.0468. The van der Waals surface area contributed by atoms with Gasteiger partial charge < -0.3 is 0 Å². The third-order valence-corrected chi connectivity index (χ3v) is 5.03. The molecular weight excluding hydrogens is 288 g/mol. The molecule has 0 aliphatic heterocycles. The SMILES string of the molecule is CCC(CC)C(C(C)=O)c1cc(C)c(Br)c(C)c1. The van der Waals surface area contributed by atoms with Gasteiger partial charge in [-0.05, 0) is 43.4 Å². The van der Waals surface area contributed by atoms with Gasteiger partial charge in [0.05, 0.1) is 0 Å². The molecule has 0 saturated carbocycles. The predicted molar refractivity (Wildman–Crippen MR) is 81.1 cm³/mol. The Morgan fingerprint density at radius 2 is 1.61 bits per heavy atom. The molecule has 0 spiro atoms. The van der Waals surface area contributed by atoms with Gasteiger partial charge in [-0.15, -0.1) is 0 Å². The summed E-state index contributed by atoms with van der Waals surface area (Å²) in [6.07, 6.45) is 2.10. The molecule has 1 atom stereocenters. The van der Waals surface area contributed by atoms with E-state index in [4.69, 9.17) is 0 Å². The Morgan fingerprint density at radius 3 is 1.94 bits per heavy atom. The summed E-state index contributed by atoms with van der Waals surface area (Å²) in [5, 5.41) is 0. The summed E-state index contributed by atoms with van der Waals surface area (Å²) in [6.45, 7) is 10.2. The first-order valence-electron chi connectivity index (χ1n) is 6.69. The van der Waals surface area contributed by atoms with E-state index in [0.717, 1.165) is 17.3 Å². The van der Waals surface area contributed by atoms with Crippen molar-refractivity contribution in [2.24, 2.45) is 5.92 Å². The number of halogens is 1. The molecule has 0 N–H and O–H groups in total. The number of carbonyl (C=O) groups is 1. The van der Waals surface area contributed by atoms with E-state index in [1.165, 1.54) is 16.7 Å². The highest BCUT2D eigenvalue weighted by molar-refractivity contribution is 9.10. The Hall–Kier alpha value is -0.630. The number of carbonyl (C=O) groups excluding carboxylic acids is 1. The topological polar surface area (TPSA) is 17.1 Å². The lowest BCUT2D eigenvalue weighted by Gasteiger charge is -2.24. The third-order valence-electron chi connectivity index (χ3n) is 3.78. The van der Waals surface area contributed by atoms with Crippen molar-refractivity contribution < 1.29 is 4.79 Å². The Bertz CT molecular complexity index is 410. The summed E-state index contributed by atoms with van der Waals surface area (Å²) in [5.74, 6) is 0.776. The lowest BCUT2D eigenvalue weighted by Crippen LogP contribution is -2.19. The maximum atomic E-state index is 12.0.